The zero-order valence-electron chi connectivity index (χ0n) is 15.7. The molecular formula is C21H19N3O5. The summed E-state index contributed by atoms with van der Waals surface area (Å²) in [5, 5.41) is 10.5. The van der Waals surface area contributed by atoms with E-state index in [1.54, 1.807) is 6.07 Å². The third-order valence-electron chi connectivity index (χ3n) is 4.78. The van der Waals surface area contributed by atoms with E-state index in [2.05, 4.69) is 4.98 Å². The molecule has 1 amide bonds. The Labute approximate surface area is 165 Å². The van der Waals surface area contributed by atoms with Crippen LogP contribution in [0.2, 0.25) is 0 Å². The van der Waals surface area contributed by atoms with Crippen molar-refractivity contribution in [2.24, 2.45) is 0 Å². The van der Waals surface area contributed by atoms with Gasteiger partial charge in [0.1, 0.15) is 12.3 Å². The maximum absolute atomic E-state index is 12.8. The number of carbonyl (C=O) groups excluding carboxylic acids is 1. The normalized spacial score (nSPS) is 13.3. The van der Waals surface area contributed by atoms with Crippen molar-refractivity contribution in [2.45, 2.75) is 13.5 Å². The molecule has 0 aliphatic carbocycles. The first kappa shape index (κ1) is 18.5. The Bertz CT molecular complexity index is 1170. The van der Waals surface area contributed by atoms with Crippen LogP contribution in [0.15, 0.2) is 52.1 Å². The smallest absolute Gasteiger partial charge is 0.326 e. The molecule has 0 unspecified atom stereocenters. The molecule has 8 nitrogen and oxygen atoms in total. The summed E-state index contributed by atoms with van der Waals surface area (Å²) in [6.45, 7) is 2.57. The summed E-state index contributed by atoms with van der Waals surface area (Å²) in [4.78, 5) is 41.7. The van der Waals surface area contributed by atoms with E-state index in [0.717, 1.165) is 22.8 Å². The van der Waals surface area contributed by atoms with E-state index in [1.807, 2.05) is 42.2 Å². The Kier molecular flexibility index (Phi) is 4.67. The van der Waals surface area contributed by atoms with E-state index < -0.39 is 17.2 Å². The van der Waals surface area contributed by atoms with Gasteiger partial charge >= 0.3 is 5.69 Å². The number of nitrogens with zero attached hydrogens (tertiary/aromatic N) is 1. The molecule has 0 atom stereocenters. The number of benzene rings is 2. The number of hydrogen-bond donors (Lipinski definition) is 3. The maximum atomic E-state index is 12.8. The zero-order valence-corrected chi connectivity index (χ0v) is 15.7. The summed E-state index contributed by atoms with van der Waals surface area (Å²) in [5.41, 5.74) is 1.99. The molecule has 8 heteroatoms. The predicted octanol–water partition coefficient (Wildman–Crippen LogP) is 1.78. The van der Waals surface area contributed by atoms with Crippen LogP contribution in [0.1, 0.15) is 21.6 Å². The van der Waals surface area contributed by atoms with Crippen molar-refractivity contribution in [1.82, 2.24) is 14.9 Å². The molecule has 2 heterocycles. The number of amides is 1. The Morgan fingerprint density at radius 2 is 1.83 bits per heavy atom. The lowest BCUT2D eigenvalue weighted by molar-refractivity contribution is 0.0726. The molecule has 148 valence electrons. The Balaban J connectivity index is 1.70. The second-order valence-electron chi connectivity index (χ2n) is 6.93. The number of hydrogen-bond acceptors (Lipinski definition) is 5. The maximum Gasteiger partial charge on any atom is 0.326 e. The van der Waals surface area contributed by atoms with Crippen molar-refractivity contribution in [1.29, 1.82) is 0 Å². The van der Waals surface area contributed by atoms with Crippen LogP contribution in [-0.4, -0.2) is 39.0 Å². The topological polar surface area (TPSA) is 115 Å². The third-order valence-corrected chi connectivity index (χ3v) is 4.78. The number of fused-ring (bicyclic) bond motifs is 1. The minimum absolute atomic E-state index is 0.00284. The fourth-order valence-electron chi connectivity index (χ4n) is 3.34. The summed E-state index contributed by atoms with van der Waals surface area (Å²) < 4.78 is 5.67. The highest BCUT2D eigenvalue weighted by molar-refractivity contribution is 5.92. The van der Waals surface area contributed by atoms with Gasteiger partial charge in [-0.2, -0.15) is 0 Å². The number of phenolic OH excluding ortho intramolecular Hbond substituents is 1. The van der Waals surface area contributed by atoms with Crippen LogP contribution in [0.4, 0.5) is 0 Å². The van der Waals surface area contributed by atoms with Gasteiger partial charge < -0.3 is 19.7 Å². The molecule has 0 spiro atoms. The molecule has 4 rings (SSSR count). The molecule has 1 aliphatic rings. The van der Waals surface area contributed by atoms with Gasteiger partial charge in [0.05, 0.1) is 6.54 Å². The second-order valence-corrected chi connectivity index (χ2v) is 6.93. The molecule has 29 heavy (non-hydrogen) atoms. The molecule has 0 fully saturated rings. The molecule has 1 aromatic heterocycles. The molecule has 0 radical (unpaired) electrons. The van der Waals surface area contributed by atoms with E-state index >= 15 is 0 Å². The molecule has 1 aliphatic heterocycles. The molecule has 0 saturated heterocycles. The Hall–Kier alpha value is -3.81. The van der Waals surface area contributed by atoms with E-state index in [4.69, 9.17) is 4.74 Å². The van der Waals surface area contributed by atoms with Gasteiger partial charge in [0.25, 0.3) is 11.5 Å². The van der Waals surface area contributed by atoms with Gasteiger partial charge in [-0.3, -0.25) is 14.6 Å². The zero-order chi connectivity index (χ0) is 20.5. The van der Waals surface area contributed by atoms with Crippen molar-refractivity contribution in [3.63, 3.8) is 0 Å². The Morgan fingerprint density at radius 1 is 1.07 bits per heavy atom. The van der Waals surface area contributed by atoms with E-state index in [0.29, 0.717) is 11.3 Å². The summed E-state index contributed by atoms with van der Waals surface area (Å²) in [7, 11) is 0. The van der Waals surface area contributed by atoms with Gasteiger partial charge in [-0.05, 0) is 30.2 Å². The number of phenols is 1. The fraction of sp³-hybridized carbons (Fsp3) is 0.190. The highest BCUT2D eigenvalue weighted by Crippen LogP contribution is 2.37. The van der Waals surface area contributed by atoms with Crippen molar-refractivity contribution in [2.75, 3.05) is 13.2 Å². The SMILES string of the molecule is Cc1ccc(-c2cc(O)c3c(c2)CN(C(=O)c2cc(=O)[nH]c(=O)[nH]2)CCO3)cc1. The largest absolute Gasteiger partial charge is 0.504 e. The second kappa shape index (κ2) is 7.31. The number of rotatable bonds is 2. The fourth-order valence-corrected chi connectivity index (χ4v) is 3.34. The number of nitrogens with one attached hydrogen (secondary N) is 2. The van der Waals surface area contributed by atoms with Crippen molar-refractivity contribution >= 4 is 5.91 Å². The summed E-state index contributed by atoms with van der Waals surface area (Å²) in [5.74, 6) is -0.169. The standard InChI is InChI=1S/C21H19N3O5/c1-12-2-4-13(5-3-12)14-8-15-11-24(6-7-29-19(15)17(25)9-14)20(27)16-10-18(26)23-21(28)22-16/h2-5,8-10,25H,6-7,11H2,1H3,(H2,22,23,26,28). The molecule has 0 bridgehead atoms. The van der Waals surface area contributed by atoms with Gasteiger partial charge in [-0.1, -0.05) is 29.8 Å². The van der Waals surface area contributed by atoms with Crippen LogP contribution in [-0.2, 0) is 6.54 Å². The summed E-state index contributed by atoms with van der Waals surface area (Å²) in [6, 6.07) is 12.4. The first-order chi connectivity index (χ1) is 13.9. The number of carbonyl (C=O) groups is 1. The lowest BCUT2D eigenvalue weighted by atomic mass is 10.0. The number of aromatic hydroxyl groups is 1. The van der Waals surface area contributed by atoms with Crippen LogP contribution < -0.4 is 16.0 Å². The first-order valence-electron chi connectivity index (χ1n) is 9.09. The van der Waals surface area contributed by atoms with Gasteiger partial charge in [-0.15, -0.1) is 0 Å². The summed E-state index contributed by atoms with van der Waals surface area (Å²) >= 11 is 0. The molecule has 3 N–H and O–H groups in total. The van der Waals surface area contributed by atoms with E-state index in [-0.39, 0.29) is 31.1 Å². The highest BCUT2D eigenvalue weighted by atomic mass is 16.5. The van der Waals surface area contributed by atoms with Crippen LogP contribution in [0, 0.1) is 6.92 Å². The van der Waals surface area contributed by atoms with Gasteiger partial charge in [-0.25, -0.2) is 4.79 Å². The number of aromatic nitrogens is 2. The molecular weight excluding hydrogens is 374 g/mol. The predicted molar refractivity (Wildman–Crippen MR) is 106 cm³/mol. The average molecular weight is 393 g/mol. The minimum atomic E-state index is -0.744. The number of aryl methyl sites for hydroxylation is 1. The highest BCUT2D eigenvalue weighted by Gasteiger charge is 2.24. The van der Waals surface area contributed by atoms with E-state index in [1.165, 1.54) is 4.90 Å². The van der Waals surface area contributed by atoms with Gasteiger partial charge in [0, 0.05) is 18.2 Å². The third kappa shape index (κ3) is 3.77. The number of H-pyrrole nitrogens is 2. The quantitative estimate of drug-likeness (QED) is 0.614. The first-order valence-corrected chi connectivity index (χ1v) is 9.09. The van der Waals surface area contributed by atoms with Crippen molar-refractivity contribution in [3.8, 4) is 22.6 Å². The van der Waals surface area contributed by atoms with Crippen LogP contribution in [0.3, 0.4) is 0 Å². The lowest BCUT2D eigenvalue weighted by Crippen LogP contribution is -2.35. The monoisotopic (exact) mass is 393 g/mol. The van der Waals surface area contributed by atoms with Crippen LogP contribution in [0.25, 0.3) is 11.1 Å². The molecule has 3 aromatic rings. The summed E-state index contributed by atoms with van der Waals surface area (Å²) in [6.07, 6.45) is 0. The van der Waals surface area contributed by atoms with Crippen LogP contribution >= 0.6 is 0 Å². The molecule has 2 aromatic carbocycles. The van der Waals surface area contributed by atoms with Gasteiger partial charge in [0.15, 0.2) is 11.5 Å². The average Bonchev–Trinajstić information content (AvgIpc) is 2.90. The Morgan fingerprint density at radius 3 is 2.55 bits per heavy atom. The van der Waals surface area contributed by atoms with Crippen molar-refractivity contribution in [3.05, 3.63) is 80.1 Å². The van der Waals surface area contributed by atoms with Gasteiger partial charge in [0.2, 0.25) is 0 Å². The minimum Gasteiger partial charge on any atom is -0.504 e. The number of ether oxygens (including phenoxy) is 1. The number of aromatic amines is 2. The van der Waals surface area contributed by atoms with Crippen molar-refractivity contribution < 1.29 is 14.6 Å². The lowest BCUT2D eigenvalue weighted by Gasteiger charge is -2.19. The molecule has 0 saturated carbocycles. The van der Waals surface area contributed by atoms with Crippen LogP contribution in [0.5, 0.6) is 11.5 Å². The van der Waals surface area contributed by atoms with E-state index in [9.17, 15) is 19.5 Å².